The number of thiazole rings is 1. The normalized spacial score (nSPS) is 18.8. The summed E-state index contributed by atoms with van der Waals surface area (Å²) in [5, 5.41) is 3.64. The average Bonchev–Trinajstić information content (AvgIpc) is 3.19. The Morgan fingerprint density at radius 3 is 2.58 bits per heavy atom. The number of hydrogen-bond donors (Lipinski definition) is 1. The van der Waals surface area contributed by atoms with Crippen molar-refractivity contribution in [1.82, 2.24) is 9.88 Å². The molecule has 0 radical (unpaired) electrons. The van der Waals surface area contributed by atoms with Crippen LogP contribution in [0.3, 0.4) is 0 Å². The van der Waals surface area contributed by atoms with Crippen LogP contribution in [-0.2, 0) is 22.4 Å². The maximum absolute atomic E-state index is 13.4. The molecule has 2 aliphatic rings. The third kappa shape index (κ3) is 4.71. The Morgan fingerprint density at radius 1 is 1.16 bits per heavy atom. The Morgan fingerprint density at radius 2 is 1.90 bits per heavy atom. The molecule has 1 atom stereocenters. The second kappa shape index (κ2) is 8.90. The second-order valence-corrected chi connectivity index (χ2v) is 9.45. The van der Waals surface area contributed by atoms with Crippen molar-refractivity contribution in [3.8, 4) is 0 Å². The number of nitrogens with zero attached hydrogens (tertiary/aromatic N) is 3. The van der Waals surface area contributed by atoms with Gasteiger partial charge < -0.3 is 15.1 Å². The highest BCUT2D eigenvalue weighted by molar-refractivity contribution is 7.15. The highest BCUT2D eigenvalue weighted by Crippen LogP contribution is 2.35. The second-order valence-electron chi connectivity index (χ2n) is 8.39. The minimum atomic E-state index is -0.981. The maximum Gasteiger partial charge on any atom is 0.227 e. The van der Waals surface area contributed by atoms with Gasteiger partial charge in [0.25, 0.3) is 0 Å². The predicted molar refractivity (Wildman–Crippen MR) is 116 cm³/mol. The minimum absolute atomic E-state index is 0.00760. The van der Waals surface area contributed by atoms with E-state index in [1.54, 1.807) is 11.3 Å². The van der Waals surface area contributed by atoms with Crippen molar-refractivity contribution in [3.05, 3.63) is 40.4 Å². The van der Waals surface area contributed by atoms with Crippen LogP contribution >= 0.6 is 11.3 Å². The van der Waals surface area contributed by atoms with Crippen molar-refractivity contribution < 1.29 is 18.4 Å². The van der Waals surface area contributed by atoms with Crippen LogP contribution in [0, 0.1) is 23.5 Å². The molecule has 6 nitrogen and oxygen atoms in total. The quantitative estimate of drug-likeness (QED) is 0.778. The number of nitrogens with one attached hydrogen (secondary N) is 1. The van der Waals surface area contributed by atoms with Crippen molar-refractivity contribution >= 4 is 34.0 Å². The number of carbonyl (C=O) groups excluding carboxylic acids is 2. The summed E-state index contributed by atoms with van der Waals surface area (Å²) in [4.78, 5) is 34.9. The molecule has 9 heteroatoms. The zero-order chi connectivity index (χ0) is 22.1. The number of amides is 2. The molecule has 0 bridgehead atoms. The molecule has 0 spiro atoms. The molecule has 2 amide bonds. The summed E-state index contributed by atoms with van der Waals surface area (Å²) < 4.78 is 26.5. The number of aryl methyl sites for hydroxylation is 1. The number of benzene rings is 1. The van der Waals surface area contributed by atoms with E-state index in [4.69, 9.17) is 4.98 Å². The molecular formula is C22H26F2N4O2S. The number of aromatic nitrogens is 1. The molecule has 1 aliphatic heterocycles. The first-order valence-corrected chi connectivity index (χ1v) is 11.4. The maximum atomic E-state index is 13.4. The summed E-state index contributed by atoms with van der Waals surface area (Å²) >= 11 is 1.61. The molecule has 2 heterocycles. The highest BCUT2D eigenvalue weighted by atomic mass is 32.1. The fourth-order valence-corrected chi connectivity index (χ4v) is 5.26. The molecule has 1 aliphatic carbocycles. The standard InChI is InChI=1S/C22H26F2N4O2S/c1-13(2)21(30)27-7-9-28(10-8-27)22-26-18-6-3-14(11-19(18)31-22)20(29)25-15-4-5-16(23)17(24)12-15/h4-5,12-14H,3,6-11H2,1-2H3,(H,25,29)/t14-/m0/s1. The Labute approximate surface area is 184 Å². The van der Waals surface area contributed by atoms with Gasteiger partial charge in [0.15, 0.2) is 16.8 Å². The van der Waals surface area contributed by atoms with Gasteiger partial charge in [-0.15, -0.1) is 11.3 Å². The molecular weight excluding hydrogens is 422 g/mol. The third-order valence-corrected chi connectivity index (χ3v) is 7.02. The van der Waals surface area contributed by atoms with E-state index in [1.807, 2.05) is 18.7 Å². The van der Waals surface area contributed by atoms with Crippen LogP contribution in [0.5, 0.6) is 0 Å². The van der Waals surface area contributed by atoms with Gasteiger partial charge >= 0.3 is 0 Å². The number of halogens is 2. The Kier molecular flexibility index (Phi) is 6.22. The topological polar surface area (TPSA) is 65.5 Å². The summed E-state index contributed by atoms with van der Waals surface area (Å²) in [7, 11) is 0. The number of rotatable bonds is 4. The van der Waals surface area contributed by atoms with Crippen molar-refractivity contribution in [1.29, 1.82) is 0 Å². The van der Waals surface area contributed by atoms with E-state index < -0.39 is 11.6 Å². The molecule has 1 fully saturated rings. The number of anilines is 2. The van der Waals surface area contributed by atoms with Crippen molar-refractivity contribution in [2.75, 3.05) is 36.4 Å². The van der Waals surface area contributed by atoms with Crippen LogP contribution in [0.15, 0.2) is 18.2 Å². The van der Waals surface area contributed by atoms with Crippen LogP contribution in [-0.4, -0.2) is 47.9 Å². The first-order valence-electron chi connectivity index (χ1n) is 10.6. The zero-order valence-corrected chi connectivity index (χ0v) is 18.5. The lowest BCUT2D eigenvalue weighted by Gasteiger charge is -2.35. The molecule has 4 rings (SSSR count). The van der Waals surface area contributed by atoms with Crippen molar-refractivity contribution in [3.63, 3.8) is 0 Å². The fraction of sp³-hybridized carbons (Fsp3) is 0.500. The molecule has 1 aromatic carbocycles. The largest absolute Gasteiger partial charge is 0.345 e. The summed E-state index contributed by atoms with van der Waals surface area (Å²) in [5.41, 5.74) is 1.30. The molecule has 1 N–H and O–H groups in total. The fourth-order valence-electron chi connectivity index (χ4n) is 4.02. The first kappa shape index (κ1) is 21.7. The van der Waals surface area contributed by atoms with Gasteiger partial charge in [0.1, 0.15) is 0 Å². The Hall–Kier alpha value is -2.55. The van der Waals surface area contributed by atoms with E-state index in [-0.39, 0.29) is 29.3 Å². The van der Waals surface area contributed by atoms with Gasteiger partial charge in [-0.1, -0.05) is 13.8 Å². The van der Waals surface area contributed by atoms with E-state index in [0.717, 1.165) is 40.9 Å². The number of fused-ring (bicyclic) bond motifs is 1. The summed E-state index contributed by atoms with van der Waals surface area (Å²) in [6.45, 7) is 6.74. The van der Waals surface area contributed by atoms with Gasteiger partial charge in [-0.05, 0) is 31.4 Å². The van der Waals surface area contributed by atoms with E-state index in [9.17, 15) is 18.4 Å². The van der Waals surface area contributed by atoms with Crippen LogP contribution in [0.1, 0.15) is 30.8 Å². The monoisotopic (exact) mass is 448 g/mol. The van der Waals surface area contributed by atoms with Crippen LogP contribution in [0.25, 0.3) is 0 Å². The SMILES string of the molecule is CC(C)C(=O)N1CCN(c2nc3c(s2)C[C@@H](C(=O)Nc2ccc(F)c(F)c2)CC3)CC1. The predicted octanol–water partition coefficient (Wildman–Crippen LogP) is 3.47. The number of hydrogen-bond acceptors (Lipinski definition) is 5. The molecule has 2 aromatic rings. The Bertz CT molecular complexity index is 986. The van der Waals surface area contributed by atoms with Crippen molar-refractivity contribution in [2.45, 2.75) is 33.1 Å². The van der Waals surface area contributed by atoms with E-state index in [2.05, 4.69) is 10.2 Å². The molecule has 0 saturated carbocycles. The third-order valence-electron chi connectivity index (χ3n) is 5.84. The van der Waals surface area contributed by atoms with Crippen LogP contribution in [0.4, 0.5) is 19.6 Å². The van der Waals surface area contributed by atoms with Gasteiger partial charge in [-0.3, -0.25) is 9.59 Å². The van der Waals surface area contributed by atoms with Crippen LogP contribution in [0.2, 0.25) is 0 Å². The van der Waals surface area contributed by atoms with Crippen molar-refractivity contribution in [2.24, 2.45) is 11.8 Å². The van der Waals surface area contributed by atoms with Gasteiger partial charge in [-0.25, -0.2) is 13.8 Å². The van der Waals surface area contributed by atoms with E-state index in [0.29, 0.717) is 32.4 Å². The average molecular weight is 449 g/mol. The molecule has 0 unspecified atom stereocenters. The lowest BCUT2D eigenvalue weighted by Crippen LogP contribution is -2.49. The van der Waals surface area contributed by atoms with Gasteiger partial charge in [0.05, 0.1) is 5.69 Å². The van der Waals surface area contributed by atoms with Crippen LogP contribution < -0.4 is 10.2 Å². The molecule has 1 saturated heterocycles. The smallest absolute Gasteiger partial charge is 0.227 e. The van der Waals surface area contributed by atoms with Gasteiger partial charge in [0, 0.05) is 54.6 Å². The van der Waals surface area contributed by atoms with E-state index >= 15 is 0 Å². The summed E-state index contributed by atoms with van der Waals surface area (Å²) in [6.07, 6.45) is 1.98. The molecule has 166 valence electrons. The number of piperazine rings is 1. The zero-order valence-electron chi connectivity index (χ0n) is 17.7. The summed E-state index contributed by atoms with van der Waals surface area (Å²) in [6, 6.07) is 3.36. The minimum Gasteiger partial charge on any atom is -0.345 e. The first-order chi connectivity index (χ1) is 14.8. The van der Waals surface area contributed by atoms with Gasteiger partial charge in [-0.2, -0.15) is 0 Å². The lowest BCUT2D eigenvalue weighted by atomic mass is 9.90. The van der Waals surface area contributed by atoms with Gasteiger partial charge in [0.2, 0.25) is 11.8 Å². The highest BCUT2D eigenvalue weighted by Gasteiger charge is 2.30. The molecule has 1 aromatic heterocycles. The molecule has 31 heavy (non-hydrogen) atoms. The number of carbonyl (C=O) groups is 2. The summed E-state index contributed by atoms with van der Waals surface area (Å²) in [5.74, 6) is -2.14. The lowest BCUT2D eigenvalue weighted by molar-refractivity contribution is -0.134. The Balaban J connectivity index is 1.37. The van der Waals surface area contributed by atoms with E-state index in [1.165, 1.54) is 6.07 Å².